The molecule has 0 radical (unpaired) electrons. The van der Waals surface area contributed by atoms with Gasteiger partial charge >= 0.3 is 0 Å². The molecule has 1 heterocycles. The van der Waals surface area contributed by atoms with Gasteiger partial charge in [-0.3, -0.25) is 4.79 Å². The fraction of sp³-hybridized carbons (Fsp3) is 0.444. The summed E-state index contributed by atoms with van der Waals surface area (Å²) in [7, 11) is 0. The van der Waals surface area contributed by atoms with Gasteiger partial charge in [0.25, 0.3) is 5.56 Å². The molecule has 1 aromatic heterocycles. The number of aromatic nitrogens is 1. The lowest BCUT2D eigenvalue weighted by molar-refractivity contribution is 1.04. The zero-order valence-corrected chi connectivity index (χ0v) is 9.28. The van der Waals surface area contributed by atoms with Gasteiger partial charge in [0.15, 0.2) is 0 Å². The Hall–Kier alpha value is -0.280. The molecule has 70 valence electrons. The first-order valence-corrected chi connectivity index (χ1v) is 5.70. The van der Waals surface area contributed by atoms with Crippen molar-refractivity contribution in [3.05, 3.63) is 32.7 Å². The van der Waals surface area contributed by atoms with Crippen molar-refractivity contribution < 1.29 is 0 Å². The third kappa shape index (κ3) is 1.67. The number of rotatable bonds is 2. The van der Waals surface area contributed by atoms with Gasteiger partial charge in [-0.2, -0.15) is 0 Å². The van der Waals surface area contributed by atoms with Crippen LogP contribution in [0.2, 0.25) is 5.02 Å². The normalized spacial score (nSPS) is 16.2. The van der Waals surface area contributed by atoms with Crippen LogP contribution in [-0.4, -0.2) is 4.98 Å². The molecule has 0 aliphatic heterocycles. The molecule has 1 aliphatic rings. The van der Waals surface area contributed by atoms with Crippen molar-refractivity contribution in [2.45, 2.75) is 24.1 Å². The molecule has 0 amide bonds. The lowest BCUT2D eigenvalue weighted by Crippen LogP contribution is -2.10. The predicted octanol–water partition coefficient (Wildman–Crippen LogP) is 2.80. The highest BCUT2D eigenvalue weighted by Crippen LogP contribution is 2.42. The van der Waals surface area contributed by atoms with Crippen LogP contribution in [0.3, 0.4) is 0 Å². The van der Waals surface area contributed by atoms with E-state index in [1.807, 2.05) is 0 Å². The summed E-state index contributed by atoms with van der Waals surface area (Å²) in [4.78, 5) is 13.8. The number of halogens is 2. The number of pyridine rings is 1. The molecule has 1 aromatic rings. The van der Waals surface area contributed by atoms with Crippen LogP contribution in [0.1, 0.15) is 29.9 Å². The minimum atomic E-state index is -0.194. The Labute approximate surface area is 89.4 Å². The Morgan fingerprint density at radius 3 is 2.85 bits per heavy atom. The molecule has 1 fully saturated rings. The lowest BCUT2D eigenvalue weighted by atomic mass is 10.1. The number of H-pyrrole nitrogens is 1. The van der Waals surface area contributed by atoms with Crippen molar-refractivity contribution in [3.63, 3.8) is 0 Å². The summed E-state index contributed by atoms with van der Waals surface area (Å²) in [6.45, 7) is 0. The van der Waals surface area contributed by atoms with Crippen molar-refractivity contribution in [3.8, 4) is 0 Å². The highest BCUT2D eigenvalue weighted by molar-refractivity contribution is 9.08. The number of hydrogen-bond acceptors (Lipinski definition) is 1. The van der Waals surface area contributed by atoms with E-state index >= 15 is 0 Å². The second kappa shape index (κ2) is 3.46. The maximum absolute atomic E-state index is 11.2. The molecule has 1 aliphatic carbocycles. The van der Waals surface area contributed by atoms with Crippen molar-refractivity contribution in [2.75, 3.05) is 0 Å². The van der Waals surface area contributed by atoms with Crippen molar-refractivity contribution >= 4 is 27.5 Å². The quantitative estimate of drug-likeness (QED) is 0.817. The van der Waals surface area contributed by atoms with E-state index in [0.717, 1.165) is 5.56 Å². The molecule has 1 N–H and O–H groups in total. The maximum atomic E-state index is 11.2. The third-order valence-corrected chi connectivity index (χ3v) is 3.28. The number of aromatic amines is 1. The fourth-order valence-corrected chi connectivity index (χ4v) is 2.45. The van der Waals surface area contributed by atoms with Gasteiger partial charge in [-0.1, -0.05) is 27.5 Å². The van der Waals surface area contributed by atoms with Gasteiger partial charge in [0.05, 0.1) is 0 Å². The van der Waals surface area contributed by atoms with E-state index in [0.29, 0.717) is 16.3 Å². The Kier molecular flexibility index (Phi) is 2.47. The molecule has 2 nitrogen and oxygen atoms in total. The van der Waals surface area contributed by atoms with Crippen LogP contribution in [0.15, 0.2) is 11.0 Å². The summed E-state index contributed by atoms with van der Waals surface area (Å²) in [6.07, 6.45) is 4.22. The molecule has 13 heavy (non-hydrogen) atoms. The molecular weight excluding hydrogens is 253 g/mol. The van der Waals surface area contributed by atoms with Gasteiger partial charge in [-0.15, -0.1) is 0 Å². The van der Waals surface area contributed by atoms with Crippen LogP contribution in [0, 0.1) is 0 Å². The van der Waals surface area contributed by atoms with Crippen molar-refractivity contribution in [1.82, 2.24) is 4.98 Å². The van der Waals surface area contributed by atoms with Gasteiger partial charge in [0, 0.05) is 11.5 Å². The average molecular weight is 263 g/mol. The Morgan fingerprint density at radius 1 is 1.62 bits per heavy atom. The van der Waals surface area contributed by atoms with Gasteiger partial charge in [0.1, 0.15) is 5.02 Å². The number of alkyl halides is 1. The molecule has 0 atom stereocenters. The predicted molar refractivity (Wildman–Crippen MR) is 56.7 cm³/mol. The first-order valence-electron chi connectivity index (χ1n) is 4.20. The first-order chi connectivity index (χ1) is 6.24. The molecule has 2 rings (SSSR count). The Balaban J connectivity index is 2.56. The fourth-order valence-electron chi connectivity index (χ4n) is 1.45. The van der Waals surface area contributed by atoms with E-state index in [4.69, 9.17) is 11.6 Å². The minimum absolute atomic E-state index is 0.194. The Bertz CT molecular complexity index is 384. The summed E-state index contributed by atoms with van der Waals surface area (Å²) < 4.78 is 0. The van der Waals surface area contributed by atoms with Crippen molar-refractivity contribution in [2.24, 2.45) is 0 Å². The molecule has 0 bridgehead atoms. The second-order valence-corrected chi connectivity index (χ2v) is 4.21. The SMILES string of the molecule is O=c1[nH]cc(C2CC2)c(CBr)c1Cl. The van der Waals surface area contributed by atoms with E-state index in [9.17, 15) is 4.79 Å². The zero-order chi connectivity index (χ0) is 9.42. The summed E-state index contributed by atoms with van der Waals surface area (Å²) in [6, 6.07) is 0. The van der Waals surface area contributed by atoms with Crippen LogP contribution < -0.4 is 5.56 Å². The van der Waals surface area contributed by atoms with Crippen LogP contribution in [0.5, 0.6) is 0 Å². The number of hydrogen-bond donors (Lipinski definition) is 1. The third-order valence-electron chi connectivity index (χ3n) is 2.32. The molecule has 0 aromatic carbocycles. The highest BCUT2D eigenvalue weighted by Gasteiger charge is 2.27. The summed E-state index contributed by atoms with van der Waals surface area (Å²) in [5.41, 5.74) is 1.95. The van der Waals surface area contributed by atoms with Gasteiger partial charge in [-0.05, 0) is 29.9 Å². The Morgan fingerprint density at radius 2 is 2.31 bits per heavy atom. The van der Waals surface area contributed by atoms with E-state index in [-0.39, 0.29) is 5.56 Å². The van der Waals surface area contributed by atoms with E-state index in [2.05, 4.69) is 20.9 Å². The zero-order valence-electron chi connectivity index (χ0n) is 6.94. The molecule has 1 saturated carbocycles. The summed E-state index contributed by atoms with van der Waals surface area (Å²) in [5, 5.41) is 0.989. The van der Waals surface area contributed by atoms with E-state index in [1.54, 1.807) is 6.20 Å². The van der Waals surface area contributed by atoms with Gasteiger partial charge < -0.3 is 4.98 Å². The van der Waals surface area contributed by atoms with Crippen LogP contribution >= 0.6 is 27.5 Å². The smallest absolute Gasteiger partial charge is 0.267 e. The van der Waals surface area contributed by atoms with Crippen LogP contribution in [0.25, 0.3) is 0 Å². The monoisotopic (exact) mass is 261 g/mol. The second-order valence-electron chi connectivity index (χ2n) is 3.27. The first kappa shape index (κ1) is 9.28. The van der Waals surface area contributed by atoms with E-state index < -0.39 is 0 Å². The van der Waals surface area contributed by atoms with E-state index in [1.165, 1.54) is 18.4 Å². The molecule has 0 saturated heterocycles. The molecule has 0 unspecified atom stereocenters. The molecule has 4 heteroatoms. The summed E-state index contributed by atoms with van der Waals surface area (Å²) >= 11 is 9.25. The van der Waals surface area contributed by atoms with Crippen LogP contribution in [-0.2, 0) is 5.33 Å². The summed E-state index contributed by atoms with van der Waals surface area (Å²) in [5.74, 6) is 0.613. The number of nitrogens with one attached hydrogen (secondary N) is 1. The minimum Gasteiger partial charge on any atom is -0.328 e. The lowest BCUT2D eigenvalue weighted by Gasteiger charge is -2.06. The topological polar surface area (TPSA) is 32.9 Å². The van der Waals surface area contributed by atoms with Gasteiger partial charge in [-0.25, -0.2) is 0 Å². The van der Waals surface area contributed by atoms with Gasteiger partial charge in [0.2, 0.25) is 0 Å². The average Bonchev–Trinajstić information content (AvgIpc) is 2.92. The highest BCUT2D eigenvalue weighted by atomic mass is 79.9. The molecular formula is C9H9BrClNO. The largest absolute Gasteiger partial charge is 0.328 e. The van der Waals surface area contributed by atoms with Crippen LogP contribution in [0.4, 0.5) is 0 Å². The maximum Gasteiger partial charge on any atom is 0.267 e. The standard InChI is InChI=1S/C9H9BrClNO/c10-3-6-7(5-1-2-5)4-12-9(13)8(6)11/h4-5H,1-3H2,(H,12,13). The molecule has 0 spiro atoms. The van der Waals surface area contributed by atoms with Crippen molar-refractivity contribution in [1.29, 1.82) is 0 Å².